The van der Waals surface area contributed by atoms with Crippen LogP contribution in [0.5, 0.6) is 0 Å². The third-order valence-electron chi connectivity index (χ3n) is 3.11. The van der Waals surface area contributed by atoms with Crippen molar-refractivity contribution in [2.45, 2.75) is 63.6 Å². The van der Waals surface area contributed by atoms with Gasteiger partial charge in [0.15, 0.2) is 0 Å². The van der Waals surface area contributed by atoms with Crippen molar-refractivity contribution in [1.82, 2.24) is 0 Å². The van der Waals surface area contributed by atoms with E-state index in [2.05, 4.69) is 9.78 Å². The predicted octanol–water partition coefficient (Wildman–Crippen LogP) is 2.89. The van der Waals surface area contributed by atoms with Crippen LogP contribution in [0.4, 0.5) is 4.79 Å². The Morgan fingerprint density at radius 2 is 1.12 bits per heavy atom. The topological polar surface area (TPSA) is 54.0 Å². The van der Waals surface area contributed by atoms with Gasteiger partial charge in [-0.3, -0.25) is 9.78 Å². The van der Waals surface area contributed by atoms with E-state index in [1.165, 1.54) is 0 Å². The summed E-state index contributed by atoms with van der Waals surface area (Å²) in [5.41, 5.74) is 0. The van der Waals surface area contributed by atoms with Crippen molar-refractivity contribution in [3.05, 3.63) is 0 Å². The lowest BCUT2D eigenvalue weighted by molar-refractivity contribution is -0.345. The smallest absolute Gasteiger partial charge is 0.257 e. The van der Waals surface area contributed by atoms with Crippen LogP contribution in [-0.4, -0.2) is 18.4 Å². The molecule has 0 heterocycles. The molecule has 2 saturated carbocycles. The molecule has 0 amide bonds. The zero-order valence-electron chi connectivity index (χ0n) is 9.35. The molecule has 0 atom stereocenters. The molecule has 0 unspecified atom stereocenters. The van der Waals surface area contributed by atoms with Crippen LogP contribution in [0.2, 0.25) is 0 Å². The molecule has 92 valence electrons. The summed E-state index contributed by atoms with van der Waals surface area (Å²) in [4.78, 5) is 29.9. The van der Waals surface area contributed by atoms with Crippen LogP contribution < -0.4 is 0 Å². The van der Waals surface area contributed by atoms with Crippen LogP contribution in [-0.2, 0) is 19.6 Å². The average Bonchev–Trinajstić information content (AvgIpc) is 2.96. The zero-order chi connectivity index (χ0) is 11.2. The predicted molar refractivity (Wildman–Crippen MR) is 54.2 cm³/mol. The van der Waals surface area contributed by atoms with Crippen molar-refractivity contribution >= 4 is 6.16 Å². The highest BCUT2D eigenvalue weighted by atomic mass is 17.3. The molecule has 2 fully saturated rings. The molecule has 0 aliphatic heterocycles. The molecule has 5 heteroatoms. The molecule has 0 bridgehead atoms. The Hall–Kier alpha value is -0.810. The number of hydrogen-bond donors (Lipinski definition) is 0. The van der Waals surface area contributed by atoms with Gasteiger partial charge < -0.3 is 0 Å². The highest BCUT2D eigenvalue weighted by Crippen LogP contribution is 2.22. The van der Waals surface area contributed by atoms with E-state index < -0.39 is 6.16 Å². The van der Waals surface area contributed by atoms with Gasteiger partial charge in [-0.1, -0.05) is 25.7 Å². The molecule has 0 aromatic carbocycles. The standard InChI is InChI=1S/C11H18O5/c12-11(15-13-9-5-1-2-6-9)16-14-10-7-3-4-8-10/h9-10H,1-8H2. The van der Waals surface area contributed by atoms with E-state index in [9.17, 15) is 4.79 Å². The zero-order valence-corrected chi connectivity index (χ0v) is 9.35. The summed E-state index contributed by atoms with van der Waals surface area (Å²) in [6, 6.07) is 0. The van der Waals surface area contributed by atoms with Crippen molar-refractivity contribution in [2.75, 3.05) is 0 Å². The molecule has 0 N–H and O–H groups in total. The van der Waals surface area contributed by atoms with E-state index in [0.29, 0.717) is 0 Å². The number of rotatable bonds is 4. The summed E-state index contributed by atoms with van der Waals surface area (Å²) >= 11 is 0. The Kier molecular flexibility index (Phi) is 4.42. The van der Waals surface area contributed by atoms with Gasteiger partial charge in [0.05, 0.1) is 0 Å². The van der Waals surface area contributed by atoms with E-state index in [0.717, 1.165) is 51.4 Å². The molecular formula is C11H18O5. The largest absolute Gasteiger partial charge is 0.573 e. The minimum atomic E-state index is -0.904. The number of carbonyl (C=O) groups is 1. The molecule has 16 heavy (non-hydrogen) atoms. The highest BCUT2D eigenvalue weighted by Gasteiger charge is 2.22. The fraction of sp³-hybridized carbons (Fsp3) is 0.909. The van der Waals surface area contributed by atoms with Gasteiger partial charge in [0.2, 0.25) is 0 Å². The van der Waals surface area contributed by atoms with Crippen LogP contribution in [0.25, 0.3) is 0 Å². The minimum absolute atomic E-state index is 0.0269. The normalized spacial score (nSPS) is 22.5. The van der Waals surface area contributed by atoms with E-state index in [4.69, 9.17) is 9.78 Å². The van der Waals surface area contributed by atoms with Crippen molar-refractivity contribution in [3.63, 3.8) is 0 Å². The van der Waals surface area contributed by atoms with Crippen LogP contribution >= 0.6 is 0 Å². The van der Waals surface area contributed by atoms with E-state index in [1.54, 1.807) is 0 Å². The van der Waals surface area contributed by atoms with E-state index in [-0.39, 0.29) is 12.2 Å². The second-order valence-corrected chi connectivity index (χ2v) is 4.42. The van der Waals surface area contributed by atoms with Crippen LogP contribution in [0.1, 0.15) is 51.4 Å². The van der Waals surface area contributed by atoms with Gasteiger partial charge in [0.1, 0.15) is 12.2 Å². The Morgan fingerprint density at radius 3 is 1.50 bits per heavy atom. The van der Waals surface area contributed by atoms with Gasteiger partial charge in [0.25, 0.3) is 0 Å². The summed E-state index contributed by atoms with van der Waals surface area (Å²) in [5.74, 6) is 0. The Labute approximate surface area is 94.9 Å². The first-order chi connectivity index (χ1) is 7.84. The average molecular weight is 230 g/mol. The summed E-state index contributed by atoms with van der Waals surface area (Å²) in [6.07, 6.45) is 7.42. The molecule has 2 rings (SSSR count). The third-order valence-corrected chi connectivity index (χ3v) is 3.11. The minimum Gasteiger partial charge on any atom is -0.257 e. The summed E-state index contributed by atoms with van der Waals surface area (Å²) < 4.78 is 0. The fourth-order valence-electron chi connectivity index (χ4n) is 2.20. The molecule has 0 saturated heterocycles. The lowest BCUT2D eigenvalue weighted by Crippen LogP contribution is -2.17. The maximum atomic E-state index is 11.1. The number of hydrogen-bond acceptors (Lipinski definition) is 5. The second kappa shape index (κ2) is 6.06. The monoisotopic (exact) mass is 230 g/mol. The molecule has 0 aromatic rings. The summed E-state index contributed by atoms with van der Waals surface area (Å²) in [5, 5.41) is 0. The molecule has 0 spiro atoms. The summed E-state index contributed by atoms with van der Waals surface area (Å²) in [6.45, 7) is 0. The van der Waals surface area contributed by atoms with Crippen molar-refractivity contribution in [3.8, 4) is 0 Å². The van der Waals surface area contributed by atoms with Gasteiger partial charge >= 0.3 is 6.16 Å². The Morgan fingerprint density at radius 1 is 0.750 bits per heavy atom. The van der Waals surface area contributed by atoms with Gasteiger partial charge in [-0.05, 0) is 25.7 Å². The first-order valence-electron chi connectivity index (χ1n) is 6.05. The summed E-state index contributed by atoms with van der Waals surface area (Å²) in [7, 11) is 0. The maximum Gasteiger partial charge on any atom is 0.573 e. The molecule has 0 radical (unpaired) electrons. The lowest BCUT2D eigenvalue weighted by Gasteiger charge is -2.10. The molecule has 2 aliphatic carbocycles. The molecular weight excluding hydrogens is 212 g/mol. The second-order valence-electron chi connectivity index (χ2n) is 4.42. The molecule has 0 aromatic heterocycles. The molecule has 5 nitrogen and oxygen atoms in total. The van der Waals surface area contributed by atoms with Crippen LogP contribution in [0.3, 0.4) is 0 Å². The van der Waals surface area contributed by atoms with Crippen LogP contribution in [0.15, 0.2) is 0 Å². The quantitative estimate of drug-likeness (QED) is 0.549. The van der Waals surface area contributed by atoms with E-state index >= 15 is 0 Å². The van der Waals surface area contributed by atoms with Gasteiger partial charge in [-0.15, -0.1) is 0 Å². The van der Waals surface area contributed by atoms with Crippen molar-refractivity contribution in [2.24, 2.45) is 0 Å². The number of carbonyl (C=O) groups excluding carboxylic acids is 1. The highest BCUT2D eigenvalue weighted by molar-refractivity contribution is 5.58. The van der Waals surface area contributed by atoms with E-state index in [1.807, 2.05) is 0 Å². The maximum absolute atomic E-state index is 11.1. The first-order valence-corrected chi connectivity index (χ1v) is 6.05. The Balaban J connectivity index is 1.53. The van der Waals surface area contributed by atoms with Gasteiger partial charge in [-0.25, -0.2) is 0 Å². The third kappa shape index (κ3) is 3.64. The van der Waals surface area contributed by atoms with Crippen molar-refractivity contribution in [1.29, 1.82) is 0 Å². The van der Waals surface area contributed by atoms with Crippen molar-refractivity contribution < 1.29 is 24.3 Å². The Bertz CT molecular complexity index is 196. The lowest BCUT2D eigenvalue weighted by atomic mass is 10.3. The fourth-order valence-corrected chi connectivity index (χ4v) is 2.20. The first kappa shape index (κ1) is 11.7. The molecule has 2 aliphatic rings. The van der Waals surface area contributed by atoms with Gasteiger partial charge in [-0.2, -0.15) is 14.6 Å². The van der Waals surface area contributed by atoms with Gasteiger partial charge in [0, 0.05) is 0 Å². The SMILES string of the molecule is O=C(OOC1CCCC1)OOC1CCCC1. The van der Waals surface area contributed by atoms with Crippen LogP contribution in [0, 0.1) is 0 Å².